The van der Waals surface area contributed by atoms with Crippen molar-refractivity contribution >= 4 is 5.97 Å². The molecule has 0 spiro atoms. The third-order valence-electron chi connectivity index (χ3n) is 3.31. The fourth-order valence-electron chi connectivity index (χ4n) is 2.41. The zero-order chi connectivity index (χ0) is 11.3. The molecule has 2 atom stereocenters. The Kier molecular flexibility index (Phi) is 4.60. The number of hydrogen-bond acceptors (Lipinski definition) is 1. The van der Waals surface area contributed by atoms with Crippen LogP contribution in [0.5, 0.6) is 0 Å². The topological polar surface area (TPSA) is 37.3 Å². The average molecular weight is 208 g/mol. The maximum Gasteiger partial charge on any atom is 0.303 e. The molecule has 1 N–H and O–H groups in total. The molecule has 1 aliphatic carbocycles. The van der Waals surface area contributed by atoms with Gasteiger partial charge < -0.3 is 5.11 Å². The van der Waals surface area contributed by atoms with E-state index < -0.39 is 5.97 Å². The van der Waals surface area contributed by atoms with Crippen LogP contribution in [0.3, 0.4) is 0 Å². The van der Waals surface area contributed by atoms with Crippen LogP contribution in [0.25, 0.3) is 0 Å². The molecule has 2 heteroatoms. The van der Waals surface area contributed by atoms with Gasteiger partial charge in [-0.3, -0.25) is 4.79 Å². The smallest absolute Gasteiger partial charge is 0.303 e. The molecule has 0 aromatic rings. The third kappa shape index (κ3) is 3.54. The van der Waals surface area contributed by atoms with Gasteiger partial charge in [0, 0.05) is 6.42 Å². The lowest BCUT2D eigenvalue weighted by Crippen LogP contribution is -2.19. The predicted molar refractivity (Wildman–Crippen MR) is 61.7 cm³/mol. The van der Waals surface area contributed by atoms with Crippen molar-refractivity contribution in [2.75, 3.05) is 0 Å². The van der Waals surface area contributed by atoms with E-state index in [1.165, 1.54) is 18.4 Å². The third-order valence-corrected chi connectivity index (χ3v) is 3.31. The van der Waals surface area contributed by atoms with Crippen molar-refractivity contribution in [1.82, 2.24) is 0 Å². The highest BCUT2D eigenvalue weighted by Crippen LogP contribution is 2.37. The fraction of sp³-hybridized carbons (Fsp3) is 0.615. The Bertz CT molecular complexity index is 255. The largest absolute Gasteiger partial charge is 0.481 e. The van der Waals surface area contributed by atoms with Crippen molar-refractivity contribution in [3.8, 4) is 0 Å². The molecular formula is C13H20O2. The zero-order valence-corrected chi connectivity index (χ0v) is 9.24. The Morgan fingerprint density at radius 2 is 2.13 bits per heavy atom. The van der Waals surface area contributed by atoms with Crippen LogP contribution >= 0.6 is 0 Å². The summed E-state index contributed by atoms with van der Waals surface area (Å²) in [5.41, 5.74) is 1.25. The van der Waals surface area contributed by atoms with E-state index in [1.54, 1.807) is 0 Å². The van der Waals surface area contributed by atoms with Crippen LogP contribution in [0.1, 0.15) is 38.5 Å². The van der Waals surface area contributed by atoms with E-state index in [2.05, 4.69) is 13.2 Å². The van der Waals surface area contributed by atoms with Gasteiger partial charge in [-0.15, -0.1) is 6.58 Å². The highest BCUT2D eigenvalue weighted by molar-refractivity contribution is 5.66. The zero-order valence-electron chi connectivity index (χ0n) is 9.24. The summed E-state index contributed by atoms with van der Waals surface area (Å²) < 4.78 is 0. The normalized spacial score (nSPS) is 26.3. The first kappa shape index (κ1) is 12.0. The second-order valence-electron chi connectivity index (χ2n) is 4.36. The Morgan fingerprint density at radius 3 is 2.73 bits per heavy atom. The monoisotopic (exact) mass is 208 g/mol. The van der Waals surface area contributed by atoms with Gasteiger partial charge in [0.25, 0.3) is 0 Å². The summed E-state index contributed by atoms with van der Waals surface area (Å²) in [5, 5.41) is 8.65. The molecule has 0 heterocycles. The second-order valence-corrected chi connectivity index (χ2v) is 4.36. The Balaban J connectivity index is 2.46. The average Bonchev–Trinajstić information content (AvgIpc) is 2.19. The van der Waals surface area contributed by atoms with E-state index in [1.807, 2.05) is 6.08 Å². The summed E-state index contributed by atoms with van der Waals surface area (Å²) >= 11 is 0. The van der Waals surface area contributed by atoms with Gasteiger partial charge in [0.15, 0.2) is 0 Å². The van der Waals surface area contributed by atoms with Crippen LogP contribution in [0.15, 0.2) is 24.8 Å². The van der Waals surface area contributed by atoms with Crippen molar-refractivity contribution < 1.29 is 9.90 Å². The number of carbonyl (C=O) groups is 1. The van der Waals surface area contributed by atoms with Crippen molar-refractivity contribution in [2.24, 2.45) is 11.8 Å². The number of hydrogen-bond donors (Lipinski definition) is 1. The lowest BCUT2D eigenvalue weighted by molar-refractivity contribution is -0.137. The minimum Gasteiger partial charge on any atom is -0.481 e. The molecule has 15 heavy (non-hydrogen) atoms. The van der Waals surface area contributed by atoms with E-state index >= 15 is 0 Å². The van der Waals surface area contributed by atoms with Gasteiger partial charge in [-0.2, -0.15) is 0 Å². The fourth-order valence-corrected chi connectivity index (χ4v) is 2.41. The molecule has 0 aromatic carbocycles. The molecule has 0 aromatic heterocycles. The van der Waals surface area contributed by atoms with E-state index in [-0.39, 0.29) is 6.42 Å². The Morgan fingerprint density at radius 1 is 1.47 bits per heavy atom. The van der Waals surface area contributed by atoms with E-state index in [9.17, 15) is 4.79 Å². The molecule has 0 radical (unpaired) electrons. The van der Waals surface area contributed by atoms with E-state index in [4.69, 9.17) is 5.11 Å². The molecule has 2 nitrogen and oxygen atoms in total. The first-order chi connectivity index (χ1) is 7.15. The molecule has 84 valence electrons. The van der Waals surface area contributed by atoms with Gasteiger partial charge in [-0.05, 0) is 37.5 Å². The highest BCUT2D eigenvalue weighted by atomic mass is 16.4. The molecule has 0 saturated heterocycles. The standard InChI is InChI=1S/C13H20O2/c1-3-5-11-6-4-7-12(10(11)2)8-9-13(14)15/h3,11-12H,1-2,4-9H2,(H,14,15)/t11?,12-/m0/s1. The molecule has 1 rings (SSSR count). The SMILES string of the molecule is C=CCC1CCC[C@@H](CCC(=O)O)C1=C. The number of allylic oxidation sites excluding steroid dienone is 2. The van der Waals surface area contributed by atoms with Crippen LogP contribution in [-0.2, 0) is 4.79 Å². The molecule has 0 amide bonds. The van der Waals surface area contributed by atoms with Crippen LogP contribution in [0, 0.1) is 11.8 Å². The highest BCUT2D eigenvalue weighted by Gasteiger charge is 2.25. The molecule has 1 unspecified atom stereocenters. The van der Waals surface area contributed by atoms with Gasteiger partial charge in [0.05, 0.1) is 0 Å². The maximum atomic E-state index is 10.5. The number of carboxylic acids is 1. The summed E-state index contributed by atoms with van der Waals surface area (Å²) in [5.74, 6) is 0.253. The predicted octanol–water partition coefficient (Wildman–Crippen LogP) is 3.40. The Labute approximate surface area is 91.7 Å². The summed E-state index contributed by atoms with van der Waals surface area (Å²) in [4.78, 5) is 10.5. The van der Waals surface area contributed by atoms with Crippen molar-refractivity contribution in [2.45, 2.75) is 38.5 Å². The molecule has 1 aliphatic rings. The van der Waals surface area contributed by atoms with Crippen LogP contribution in [-0.4, -0.2) is 11.1 Å². The molecular weight excluding hydrogens is 188 g/mol. The van der Waals surface area contributed by atoms with Gasteiger partial charge >= 0.3 is 5.97 Å². The van der Waals surface area contributed by atoms with Crippen molar-refractivity contribution in [3.63, 3.8) is 0 Å². The van der Waals surface area contributed by atoms with Gasteiger partial charge in [0.2, 0.25) is 0 Å². The summed E-state index contributed by atoms with van der Waals surface area (Å²) in [6.45, 7) is 7.89. The second kappa shape index (κ2) is 5.74. The van der Waals surface area contributed by atoms with Crippen molar-refractivity contribution in [3.05, 3.63) is 24.8 Å². The summed E-state index contributed by atoms with van der Waals surface area (Å²) in [6.07, 6.45) is 7.44. The first-order valence-electron chi connectivity index (χ1n) is 5.66. The number of carboxylic acid groups (broad SMARTS) is 1. The van der Waals surface area contributed by atoms with E-state index in [0.29, 0.717) is 11.8 Å². The number of rotatable bonds is 5. The Hall–Kier alpha value is -1.05. The molecule has 1 saturated carbocycles. The first-order valence-corrected chi connectivity index (χ1v) is 5.66. The minimum absolute atomic E-state index is 0.268. The molecule has 1 fully saturated rings. The molecule has 0 bridgehead atoms. The summed E-state index contributed by atoms with van der Waals surface area (Å²) in [7, 11) is 0. The van der Waals surface area contributed by atoms with Crippen molar-refractivity contribution in [1.29, 1.82) is 0 Å². The van der Waals surface area contributed by atoms with Gasteiger partial charge in [-0.1, -0.05) is 24.6 Å². The quantitative estimate of drug-likeness (QED) is 0.703. The lowest BCUT2D eigenvalue weighted by atomic mass is 9.74. The van der Waals surface area contributed by atoms with E-state index in [0.717, 1.165) is 19.3 Å². The molecule has 0 aliphatic heterocycles. The number of aliphatic carboxylic acids is 1. The van der Waals surface area contributed by atoms with Gasteiger partial charge in [0.1, 0.15) is 0 Å². The van der Waals surface area contributed by atoms with Gasteiger partial charge in [-0.25, -0.2) is 0 Å². The van der Waals surface area contributed by atoms with Crippen LogP contribution in [0.2, 0.25) is 0 Å². The minimum atomic E-state index is -0.700. The summed E-state index contributed by atoms with van der Waals surface area (Å²) in [6, 6.07) is 0. The van der Waals surface area contributed by atoms with Crippen LogP contribution in [0.4, 0.5) is 0 Å². The maximum absolute atomic E-state index is 10.5. The lowest BCUT2D eigenvalue weighted by Gasteiger charge is -2.31. The van der Waals surface area contributed by atoms with Crippen LogP contribution < -0.4 is 0 Å².